The molecular formula is C20H37NO6. The summed E-state index contributed by atoms with van der Waals surface area (Å²) >= 11 is 0. The fourth-order valence-corrected chi connectivity index (χ4v) is 3.16. The highest BCUT2D eigenvalue weighted by Gasteiger charge is 2.44. The molecule has 1 aliphatic heterocycles. The van der Waals surface area contributed by atoms with Crippen molar-refractivity contribution in [3.8, 4) is 0 Å². The van der Waals surface area contributed by atoms with Gasteiger partial charge in [-0.15, -0.1) is 0 Å². The highest BCUT2D eigenvalue weighted by atomic mass is 16.6. The second-order valence-electron chi connectivity index (χ2n) is 7.14. The molecule has 27 heavy (non-hydrogen) atoms. The largest absolute Gasteiger partial charge is 0.394 e. The number of allylic oxidation sites excluding steroid dienone is 1. The number of ether oxygens (including phenoxy) is 1. The predicted molar refractivity (Wildman–Crippen MR) is 103 cm³/mol. The Kier molecular flexibility index (Phi) is 11.6. The van der Waals surface area contributed by atoms with Crippen molar-refractivity contribution < 1.29 is 31.3 Å². The monoisotopic (exact) mass is 388 g/mol. The summed E-state index contributed by atoms with van der Waals surface area (Å²) in [6, 6.07) is -1.16. The second kappa shape index (κ2) is 14.1. The van der Waals surface area contributed by atoms with Crippen LogP contribution in [0.15, 0.2) is 12.2 Å². The van der Waals surface area contributed by atoms with Crippen LogP contribution in [0, 0.1) is 0 Å². The number of unbranched alkanes of at least 4 members (excludes halogenated alkanes) is 9. The molecule has 1 heterocycles. The first-order valence-corrected chi connectivity index (χ1v) is 10.1. The van der Waals surface area contributed by atoms with Crippen LogP contribution in [0.3, 0.4) is 0 Å². The van der Waals surface area contributed by atoms with Crippen LogP contribution in [0.1, 0.15) is 72.5 Å². The third-order valence-corrected chi connectivity index (χ3v) is 4.85. The van der Waals surface area contributed by atoms with Gasteiger partial charge in [-0.2, -0.15) is 0 Å². The molecule has 7 heteroatoms. The Bertz CT molecular complexity index is 450. The van der Waals surface area contributed by atoms with E-state index in [0.29, 0.717) is 6.90 Å². The van der Waals surface area contributed by atoms with Crippen LogP contribution in [-0.4, -0.2) is 63.6 Å². The molecule has 0 bridgehead atoms. The van der Waals surface area contributed by atoms with E-state index in [0.717, 1.165) is 25.7 Å². The molecule has 0 saturated carbocycles. The van der Waals surface area contributed by atoms with Gasteiger partial charge in [-0.25, -0.2) is 0 Å². The number of amides is 1. The summed E-state index contributed by atoms with van der Waals surface area (Å²) in [6.45, 7) is -0.00484. The average Bonchev–Trinajstić information content (AvgIpc) is 2.68. The Morgan fingerprint density at radius 3 is 2.30 bits per heavy atom. The first-order valence-electron chi connectivity index (χ1n) is 10.8. The summed E-state index contributed by atoms with van der Waals surface area (Å²) in [6.07, 6.45) is 8.89. The van der Waals surface area contributed by atoms with Gasteiger partial charge in [-0.05, 0) is 18.9 Å². The molecule has 5 atom stereocenters. The number of aliphatic hydroxyl groups excluding tert-OH is 4. The summed E-state index contributed by atoms with van der Waals surface area (Å²) in [5, 5.41) is 41.1. The zero-order valence-corrected chi connectivity index (χ0v) is 16.1. The molecule has 0 aromatic carbocycles. The van der Waals surface area contributed by atoms with E-state index >= 15 is 0 Å². The highest BCUT2D eigenvalue weighted by molar-refractivity contribution is 5.87. The van der Waals surface area contributed by atoms with Gasteiger partial charge < -0.3 is 30.5 Å². The van der Waals surface area contributed by atoms with Gasteiger partial charge in [-0.3, -0.25) is 4.79 Å². The molecule has 158 valence electrons. The zero-order valence-electron chi connectivity index (χ0n) is 17.1. The van der Waals surface area contributed by atoms with E-state index < -0.39 is 43.2 Å². The van der Waals surface area contributed by atoms with E-state index in [2.05, 4.69) is 5.32 Å². The molecule has 1 aliphatic rings. The Balaban J connectivity index is 2.11. The van der Waals surface area contributed by atoms with E-state index in [9.17, 15) is 20.1 Å². The van der Waals surface area contributed by atoms with Crippen molar-refractivity contribution in [2.24, 2.45) is 0 Å². The lowest BCUT2D eigenvalue weighted by Gasteiger charge is -2.40. The molecule has 1 fully saturated rings. The van der Waals surface area contributed by atoms with Gasteiger partial charge in [0.15, 0.2) is 6.29 Å². The standard InChI is InChI=1S/C20H37NO6/c1-2-3-4-5-6-7-8-9-10-11-12-13-16(23)21-17-19(25)18(24)15(14-22)27-20(17)26/h12-13,15,17-20,22,24-26H,2-11,14H2,1H3,(H,21,23)/t15-,17-,18-,19-,20?/m1/s1/i1D. The molecule has 0 aromatic heterocycles. The lowest BCUT2D eigenvalue weighted by atomic mass is 9.97. The minimum atomic E-state index is -1.50. The lowest BCUT2D eigenvalue weighted by Crippen LogP contribution is -2.64. The quantitative estimate of drug-likeness (QED) is 0.240. The molecule has 1 rings (SSSR count). The normalized spacial score (nSPS) is 29.0. The fourth-order valence-electron chi connectivity index (χ4n) is 3.16. The smallest absolute Gasteiger partial charge is 0.244 e. The van der Waals surface area contributed by atoms with Crippen LogP contribution in [-0.2, 0) is 9.53 Å². The van der Waals surface area contributed by atoms with Gasteiger partial charge in [0.05, 0.1) is 6.61 Å². The zero-order chi connectivity index (χ0) is 20.8. The van der Waals surface area contributed by atoms with E-state index in [1.807, 2.05) is 0 Å². The van der Waals surface area contributed by atoms with E-state index in [-0.39, 0.29) is 0 Å². The molecule has 7 nitrogen and oxygen atoms in total. The van der Waals surface area contributed by atoms with Gasteiger partial charge >= 0.3 is 0 Å². The summed E-state index contributed by atoms with van der Waals surface area (Å²) in [7, 11) is 0. The number of carbonyl (C=O) groups excluding carboxylic acids is 1. The maximum atomic E-state index is 11.9. The van der Waals surface area contributed by atoms with Gasteiger partial charge in [0.25, 0.3) is 0 Å². The lowest BCUT2D eigenvalue weighted by molar-refractivity contribution is -0.253. The Morgan fingerprint density at radius 2 is 1.67 bits per heavy atom. The average molecular weight is 389 g/mol. The molecule has 1 unspecified atom stereocenters. The van der Waals surface area contributed by atoms with E-state index in [1.165, 1.54) is 44.6 Å². The topological polar surface area (TPSA) is 119 Å². The number of hydrogen-bond donors (Lipinski definition) is 5. The fraction of sp³-hybridized carbons (Fsp3) is 0.850. The Labute approximate surface area is 163 Å². The maximum absolute atomic E-state index is 11.9. The van der Waals surface area contributed by atoms with Crippen LogP contribution >= 0.6 is 0 Å². The molecule has 0 spiro atoms. The molecular weight excluding hydrogens is 350 g/mol. The summed E-state index contributed by atoms with van der Waals surface area (Å²) in [4.78, 5) is 11.9. The molecule has 1 saturated heterocycles. The number of nitrogens with one attached hydrogen (secondary N) is 1. The Hall–Kier alpha value is -0.990. The van der Waals surface area contributed by atoms with Crippen LogP contribution in [0.2, 0.25) is 0 Å². The Morgan fingerprint density at radius 1 is 1.04 bits per heavy atom. The van der Waals surface area contributed by atoms with Gasteiger partial charge in [-0.1, -0.05) is 64.3 Å². The molecule has 5 N–H and O–H groups in total. The molecule has 0 aromatic rings. The van der Waals surface area contributed by atoms with Crippen LogP contribution in [0.5, 0.6) is 0 Å². The van der Waals surface area contributed by atoms with Crippen molar-refractivity contribution in [3.05, 3.63) is 12.2 Å². The van der Waals surface area contributed by atoms with E-state index in [4.69, 9.17) is 11.2 Å². The number of hydrogen-bond acceptors (Lipinski definition) is 6. The number of aliphatic hydroxyl groups is 4. The summed E-state index contributed by atoms with van der Waals surface area (Å²) in [5.41, 5.74) is 0. The molecule has 0 radical (unpaired) electrons. The van der Waals surface area contributed by atoms with Crippen molar-refractivity contribution >= 4 is 5.91 Å². The second-order valence-corrected chi connectivity index (χ2v) is 7.14. The van der Waals surface area contributed by atoms with Gasteiger partial charge in [0.2, 0.25) is 5.91 Å². The minimum Gasteiger partial charge on any atom is -0.394 e. The van der Waals surface area contributed by atoms with Gasteiger partial charge in [0, 0.05) is 1.37 Å². The van der Waals surface area contributed by atoms with Crippen LogP contribution in [0.25, 0.3) is 0 Å². The van der Waals surface area contributed by atoms with E-state index in [1.54, 1.807) is 6.08 Å². The predicted octanol–water partition coefficient (Wildman–Crippen LogP) is 1.38. The first-order chi connectivity index (χ1) is 13.5. The first kappa shape index (κ1) is 22.3. The van der Waals surface area contributed by atoms with Crippen molar-refractivity contribution in [3.63, 3.8) is 0 Å². The van der Waals surface area contributed by atoms with Crippen molar-refractivity contribution in [2.45, 2.75) is 102 Å². The third kappa shape index (κ3) is 9.17. The highest BCUT2D eigenvalue weighted by Crippen LogP contribution is 2.19. The molecule has 1 amide bonds. The summed E-state index contributed by atoms with van der Waals surface area (Å²) < 4.78 is 12.1. The van der Waals surface area contributed by atoms with Crippen molar-refractivity contribution in [1.29, 1.82) is 0 Å². The van der Waals surface area contributed by atoms with Crippen molar-refractivity contribution in [2.75, 3.05) is 6.61 Å². The van der Waals surface area contributed by atoms with Crippen molar-refractivity contribution in [1.82, 2.24) is 5.32 Å². The third-order valence-electron chi connectivity index (χ3n) is 4.85. The number of rotatable bonds is 13. The minimum absolute atomic E-state index is 0.478. The molecule has 0 aliphatic carbocycles. The van der Waals surface area contributed by atoms with Gasteiger partial charge in [0.1, 0.15) is 24.4 Å². The SMILES string of the molecule is [2H]CCCCCCCCCCCC=CC(=O)N[C@H]1C(O)O[C@H](CO)[C@@H](O)[C@@H]1O. The number of carbonyl (C=O) groups is 1. The maximum Gasteiger partial charge on any atom is 0.244 e. The summed E-state index contributed by atoms with van der Waals surface area (Å²) in [5.74, 6) is -0.478. The van der Waals surface area contributed by atoms with Crippen LogP contribution in [0.4, 0.5) is 0 Å². The van der Waals surface area contributed by atoms with Crippen LogP contribution < -0.4 is 5.32 Å².